The minimum atomic E-state index is -0.803. The minimum absolute atomic E-state index is 0.175. The zero-order valence-corrected chi connectivity index (χ0v) is 9.22. The van der Waals surface area contributed by atoms with Crippen molar-refractivity contribution in [1.82, 2.24) is 4.98 Å². The SMILES string of the molecule is Nc1ccc(NC(=O)c2ccc(O)cc2F)nc1. The first-order valence-electron chi connectivity index (χ1n) is 5.07. The van der Waals surface area contributed by atoms with Crippen molar-refractivity contribution in [3.05, 3.63) is 47.9 Å². The molecule has 0 aliphatic heterocycles. The van der Waals surface area contributed by atoms with E-state index in [1.807, 2.05) is 0 Å². The Morgan fingerprint density at radius 2 is 2.11 bits per heavy atom. The maximum atomic E-state index is 13.4. The number of carbonyl (C=O) groups excluding carboxylic acids is 1. The summed E-state index contributed by atoms with van der Waals surface area (Å²) in [6.07, 6.45) is 1.38. The molecule has 1 aromatic carbocycles. The van der Waals surface area contributed by atoms with E-state index >= 15 is 0 Å². The largest absolute Gasteiger partial charge is 0.508 e. The number of halogens is 1. The average Bonchev–Trinajstić information content (AvgIpc) is 2.32. The number of nitrogens with one attached hydrogen (secondary N) is 1. The molecule has 0 atom stereocenters. The van der Waals surface area contributed by atoms with Crippen molar-refractivity contribution in [3.63, 3.8) is 0 Å². The Bertz CT molecular complexity index is 584. The number of nitrogens with two attached hydrogens (primary N) is 1. The Morgan fingerprint density at radius 1 is 1.33 bits per heavy atom. The number of aromatic hydroxyl groups is 1. The van der Waals surface area contributed by atoms with Crippen LogP contribution in [0.1, 0.15) is 10.4 Å². The molecule has 1 heterocycles. The number of hydrogen-bond acceptors (Lipinski definition) is 4. The van der Waals surface area contributed by atoms with Gasteiger partial charge in [-0.1, -0.05) is 0 Å². The van der Waals surface area contributed by atoms with Gasteiger partial charge in [0.1, 0.15) is 17.4 Å². The Hall–Kier alpha value is -2.63. The fourth-order valence-electron chi connectivity index (χ4n) is 1.35. The number of carbonyl (C=O) groups is 1. The molecule has 92 valence electrons. The lowest BCUT2D eigenvalue weighted by Crippen LogP contribution is -2.14. The first kappa shape index (κ1) is 11.8. The summed E-state index contributed by atoms with van der Waals surface area (Å²) in [7, 11) is 0. The number of nitrogens with zero attached hydrogens (tertiary/aromatic N) is 1. The topological polar surface area (TPSA) is 88.2 Å². The van der Waals surface area contributed by atoms with Crippen molar-refractivity contribution in [2.45, 2.75) is 0 Å². The maximum Gasteiger partial charge on any atom is 0.259 e. The van der Waals surface area contributed by atoms with Crippen molar-refractivity contribution >= 4 is 17.4 Å². The highest BCUT2D eigenvalue weighted by atomic mass is 19.1. The number of aromatic nitrogens is 1. The number of hydrogen-bond donors (Lipinski definition) is 3. The van der Waals surface area contributed by atoms with Crippen LogP contribution in [0, 0.1) is 5.82 Å². The lowest BCUT2D eigenvalue weighted by atomic mass is 10.2. The quantitative estimate of drug-likeness (QED) is 0.754. The van der Waals surface area contributed by atoms with Crippen molar-refractivity contribution in [2.24, 2.45) is 0 Å². The van der Waals surface area contributed by atoms with Crippen LogP contribution in [-0.2, 0) is 0 Å². The summed E-state index contributed by atoms with van der Waals surface area (Å²) in [6, 6.07) is 6.36. The van der Waals surface area contributed by atoms with Gasteiger partial charge in [-0.25, -0.2) is 9.37 Å². The number of amides is 1. The van der Waals surface area contributed by atoms with Gasteiger partial charge in [-0.2, -0.15) is 0 Å². The molecule has 0 saturated heterocycles. The minimum Gasteiger partial charge on any atom is -0.508 e. The molecule has 0 aliphatic rings. The van der Waals surface area contributed by atoms with Crippen LogP contribution in [0.25, 0.3) is 0 Å². The molecule has 0 spiro atoms. The summed E-state index contributed by atoms with van der Waals surface area (Å²) < 4.78 is 13.4. The van der Waals surface area contributed by atoms with E-state index in [-0.39, 0.29) is 17.1 Å². The van der Waals surface area contributed by atoms with Crippen molar-refractivity contribution in [1.29, 1.82) is 0 Å². The molecular weight excluding hydrogens is 237 g/mol. The first-order chi connectivity index (χ1) is 8.56. The van der Waals surface area contributed by atoms with Crippen LogP contribution in [0.5, 0.6) is 5.75 Å². The second-order valence-electron chi connectivity index (χ2n) is 3.60. The third-order valence-electron chi connectivity index (χ3n) is 2.23. The predicted octanol–water partition coefficient (Wildman–Crippen LogP) is 1.76. The van der Waals surface area contributed by atoms with Crippen LogP contribution >= 0.6 is 0 Å². The van der Waals surface area contributed by atoms with E-state index in [4.69, 9.17) is 10.8 Å². The Labute approximate surface area is 102 Å². The number of benzene rings is 1. The van der Waals surface area contributed by atoms with Gasteiger partial charge in [0, 0.05) is 6.07 Å². The summed E-state index contributed by atoms with van der Waals surface area (Å²) >= 11 is 0. The average molecular weight is 247 g/mol. The Morgan fingerprint density at radius 3 is 2.72 bits per heavy atom. The van der Waals surface area contributed by atoms with Crippen molar-refractivity contribution < 1.29 is 14.3 Å². The number of anilines is 2. The molecule has 0 fully saturated rings. The number of phenolic OH excluding ortho intramolecular Hbond substituents is 1. The summed E-state index contributed by atoms with van der Waals surface area (Å²) in [6.45, 7) is 0. The van der Waals surface area contributed by atoms with E-state index in [0.717, 1.165) is 6.07 Å². The van der Waals surface area contributed by atoms with Crippen LogP contribution in [0.4, 0.5) is 15.9 Å². The van der Waals surface area contributed by atoms with E-state index in [1.165, 1.54) is 24.4 Å². The lowest BCUT2D eigenvalue weighted by Gasteiger charge is -2.05. The van der Waals surface area contributed by atoms with Crippen LogP contribution in [0.15, 0.2) is 36.5 Å². The van der Waals surface area contributed by atoms with Gasteiger partial charge >= 0.3 is 0 Å². The fourth-order valence-corrected chi connectivity index (χ4v) is 1.35. The van der Waals surface area contributed by atoms with Crippen LogP contribution in [-0.4, -0.2) is 16.0 Å². The maximum absolute atomic E-state index is 13.4. The molecule has 0 unspecified atom stereocenters. The molecule has 4 N–H and O–H groups in total. The number of nitrogen functional groups attached to an aromatic ring is 1. The molecule has 1 amide bonds. The van der Waals surface area contributed by atoms with Gasteiger partial charge in [0.2, 0.25) is 0 Å². The lowest BCUT2D eigenvalue weighted by molar-refractivity contribution is 0.102. The second kappa shape index (κ2) is 4.70. The van der Waals surface area contributed by atoms with Crippen molar-refractivity contribution in [2.75, 3.05) is 11.1 Å². The second-order valence-corrected chi connectivity index (χ2v) is 3.60. The van der Waals surface area contributed by atoms with Crippen LogP contribution in [0.3, 0.4) is 0 Å². The summed E-state index contributed by atoms with van der Waals surface area (Å²) in [5.41, 5.74) is 5.73. The number of rotatable bonds is 2. The van der Waals surface area contributed by atoms with Gasteiger partial charge < -0.3 is 16.2 Å². The van der Waals surface area contributed by atoms with Gasteiger partial charge in [0.15, 0.2) is 0 Å². The number of pyridine rings is 1. The number of phenols is 1. The van der Waals surface area contributed by atoms with E-state index in [0.29, 0.717) is 5.69 Å². The zero-order chi connectivity index (χ0) is 13.1. The van der Waals surface area contributed by atoms with E-state index in [9.17, 15) is 9.18 Å². The molecule has 0 bridgehead atoms. The highest BCUT2D eigenvalue weighted by Crippen LogP contribution is 2.16. The monoisotopic (exact) mass is 247 g/mol. The molecule has 6 heteroatoms. The van der Waals surface area contributed by atoms with Gasteiger partial charge in [0.25, 0.3) is 5.91 Å². The summed E-state index contributed by atoms with van der Waals surface area (Å²) in [5, 5.41) is 11.5. The zero-order valence-electron chi connectivity index (χ0n) is 9.22. The smallest absolute Gasteiger partial charge is 0.259 e. The Balaban J connectivity index is 2.19. The van der Waals surface area contributed by atoms with Crippen molar-refractivity contribution in [3.8, 4) is 5.75 Å². The standard InChI is InChI=1S/C12H10FN3O2/c13-10-5-8(17)2-3-9(10)12(18)16-11-4-1-7(14)6-15-11/h1-6,17H,14H2,(H,15,16,18). The summed E-state index contributed by atoms with van der Waals surface area (Å²) in [5.74, 6) is -1.43. The van der Waals surface area contributed by atoms with Gasteiger partial charge in [-0.15, -0.1) is 0 Å². The van der Waals surface area contributed by atoms with Gasteiger partial charge in [-0.3, -0.25) is 4.79 Å². The summed E-state index contributed by atoms with van der Waals surface area (Å²) in [4.78, 5) is 15.6. The highest BCUT2D eigenvalue weighted by Gasteiger charge is 2.12. The molecular formula is C12H10FN3O2. The Kier molecular flexibility index (Phi) is 3.09. The third kappa shape index (κ3) is 2.54. The third-order valence-corrected chi connectivity index (χ3v) is 2.23. The fraction of sp³-hybridized carbons (Fsp3) is 0. The molecule has 5 nitrogen and oxygen atoms in total. The molecule has 0 radical (unpaired) electrons. The molecule has 1 aromatic heterocycles. The van der Waals surface area contributed by atoms with Gasteiger partial charge in [-0.05, 0) is 24.3 Å². The van der Waals surface area contributed by atoms with E-state index in [1.54, 1.807) is 6.07 Å². The van der Waals surface area contributed by atoms with E-state index in [2.05, 4.69) is 10.3 Å². The van der Waals surface area contributed by atoms with E-state index < -0.39 is 11.7 Å². The molecule has 0 saturated carbocycles. The van der Waals surface area contributed by atoms with Crippen LogP contribution in [0.2, 0.25) is 0 Å². The molecule has 18 heavy (non-hydrogen) atoms. The van der Waals surface area contributed by atoms with Gasteiger partial charge in [0.05, 0.1) is 17.4 Å². The highest BCUT2D eigenvalue weighted by molar-refractivity contribution is 6.04. The predicted molar refractivity (Wildman–Crippen MR) is 64.7 cm³/mol. The first-order valence-corrected chi connectivity index (χ1v) is 5.07. The van der Waals surface area contributed by atoms with Crippen LogP contribution < -0.4 is 11.1 Å². The molecule has 2 rings (SSSR count). The molecule has 0 aliphatic carbocycles. The molecule has 2 aromatic rings. The normalized spacial score (nSPS) is 10.1.